The van der Waals surface area contributed by atoms with Crippen molar-refractivity contribution in [3.8, 4) is 0 Å². The number of aryl methyl sites for hydroxylation is 1. The van der Waals surface area contributed by atoms with Crippen LogP contribution in [0.5, 0.6) is 0 Å². The summed E-state index contributed by atoms with van der Waals surface area (Å²) in [4.78, 5) is 16.1. The van der Waals surface area contributed by atoms with Crippen LogP contribution < -0.4 is 16.0 Å². The Morgan fingerprint density at radius 3 is 2.83 bits per heavy atom. The molecule has 0 unspecified atom stereocenters. The number of rotatable bonds is 5. The number of guanidine groups is 1. The van der Waals surface area contributed by atoms with Crippen LogP contribution in [-0.4, -0.2) is 25.5 Å². The quantitative estimate of drug-likeness (QED) is 0.551. The largest absolute Gasteiger partial charge is 0.467 e. The van der Waals surface area contributed by atoms with E-state index in [4.69, 9.17) is 4.42 Å². The van der Waals surface area contributed by atoms with Gasteiger partial charge in [0.25, 0.3) is 0 Å². The minimum atomic E-state index is -0.146. The molecule has 0 bridgehead atoms. The molecule has 2 rings (SSSR count). The maximum absolute atomic E-state index is 12.0. The molecule has 23 heavy (non-hydrogen) atoms. The number of carbonyl (C=O) groups is 1. The number of hydrogen-bond donors (Lipinski definition) is 3. The van der Waals surface area contributed by atoms with Crippen LogP contribution in [0.1, 0.15) is 11.3 Å². The van der Waals surface area contributed by atoms with E-state index in [1.54, 1.807) is 13.3 Å². The Labute approximate surface area is 143 Å². The van der Waals surface area contributed by atoms with Crippen LogP contribution in [-0.2, 0) is 11.3 Å². The Morgan fingerprint density at radius 1 is 1.30 bits per heavy atom. The van der Waals surface area contributed by atoms with Crippen molar-refractivity contribution in [3.05, 3.63) is 52.4 Å². The summed E-state index contributed by atoms with van der Waals surface area (Å²) in [6.45, 7) is 2.56. The van der Waals surface area contributed by atoms with Crippen LogP contribution in [0.3, 0.4) is 0 Å². The highest BCUT2D eigenvalue weighted by molar-refractivity contribution is 9.10. The standard InChI is InChI=1S/C16H19BrN4O2/c1-11-5-6-12(17)8-14(11)21-15(22)10-20-16(18-2)19-9-13-4-3-7-23-13/h3-8H,9-10H2,1-2H3,(H,21,22)(H2,18,19,20). The molecule has 0 atom stereocenters. The van der Waals surface area contributed by atoms with Crippen LogP contribution in [0.15, 0.2) is 50.5 Å². The fourth-order valence-electron chi connectivity index (χ4n) is 1.89. The lowest BCUT2D eigenvalue weighted by molar-refractivity contribution is -0.115. The van der Waals surface area contributed by atoms with Gasteiger partial charge in [-0.25, -0.2) is 0 Å². The Balaban J connectivity index is 1.81. The summed E-state index contributed by atoms with van der Waals surface area (Å²) in [5.41, 5.74) is 1.78. The zero-order valence-electron chi connectivity index (χ0n) is 13.0. The van der Waals surface area contributed by atoms with Gasteiger partial charge < -0.3 is 20.4 Å². The van der Waals surface area contributed by atoms with Crippen molar-refractivity contribution in [2.24, 2.45) is 4.99 Å². The summed E-state index contributed by atoms with van der Waals surface area (Å²) in [5, 5.41) is 8.90. The van der Waals surface area contributed by atoms with Crippen LogP contribution in [0.25, 0.3) is 0 Å². The Hall–Kier alpha value is -2.28. The first-order chi connectivity index (χ1) is 11.1. The van der Waals surface area contributed by atoms with Gasteiger partial charge in [-0.1, -0.05) is 22.0 Å². The molecule has 0 saturated heterocycles. The van der Waals surface area contributed by atoms with E-state index in [0.717, 1.165) is 21.5 Å². The summed E-state index contributed by atoms with van der Waals surface area (Å²) in [6, 6.07) is 9.43. The lowest BCUT2D eigenvalue weighted by Crippen LogP contribution is -2.41. The monoisotopic (exact) mass is 378 g/mol. The third-order valence-corrected chi connectivity index (χ3v) is 3.62. The first kappa shape index (κ1) is 17.1. The topological polar surface area (TPSA) is 78.7 Å². The van der Waals surface area contributed by atoms with Crippen molar-refractivity contribution >= 4 is 33.5 Å². The number of nitrogens with zero attached hydrogens (tertiary/aromatic N) is 1. The zero-order valence-corrected chi connectivity index (χ0v) is 14.6. The van der Waals surface area contributed by atoms with Crippen molar-refractivity contribution < 1.29 is 9.21 Å². The Morgan fingerprint density at radius 2 is 2.13 bits per heavy atom. The zero-order chi connectivity index (χ0) is 16.7. The van der Waals surface area contributed by atoms with E-state index in [1.807, 2.05) is 37.3 Å². The maximum Gasteiger partial charge on any atom is 0.243 e. The Bertz CT molecular complexity index is 683. The van der Waals surface area contributed by atoms with Crippen LogP contribution >= 0.6 is 15.9 Å². The molecule has 0 radical (unpaired) electrons. The van der Waals surface area contributed by atoms with Crippen molar-refractivity contribution in [3.63, 3.8) is 0 Å². The molecule has 0 aliphatic rings. The van der Waals surface area contributed by atoms with Gasteiger partial charge in [-0.3, -0.25) is 9.79 Å². The fraction of sp³-hybridized carbons (Fsp3) is 0.250. The summed E-state index contributed by atoms with van der Waals surface area (Å²) in [5.74, 6) is 1.18. The molecule has 0 aliphatic carbocycles. The van der Waals surface area contributed by atoms with E-state index in [2.05, 4.69) is 36.9 Å². The smallest absolute Gasteiger partial charge is 0.243 e. The molecule has 0 spiro atoms. The summed E-state index contributed by atoms with van der Waals surface area (Å²) < 4.78 is 6.15. The number of furan rings is 1. The predicted molar refractivity (Wildman–Crippen MR) is 94.4 cm³/mol. The van der Waals surface area contributed by atoms with E-state index in [-0.39, 0.29) is 12.5 Å². The van der Waals surface area contributed by atoms with Gasteiger partial charge in [0.1, 0.15) is 5.76 Å². The lowest BCUT2D eigenvalue weighted by Gasteiger charge is -2.12. The number of hydrogen-bond acceptors (Lipinski definition) is 3. The first-order valence-corrected chi connectivity index (χ1v) is 7.90. The molecule has 2 aromatic rings. The summed E-state index contributed by atoms with van der Waals surface area (Å²) in [6.07, 6.45) is 1.61. The second-order valence-electron chi connectivity index (χ2n) is 4.87. The van der Waals surface area contributed by atoms with Gasteiger partial charge in [-0.15, -0.1) is 0 Å². The lowest BCUT2D eigenvalue weighted by atomic mass is 10.2. The molecule has 1 aromatic heterocycles. The van der Waals surface area contributed by atoms with Crippen molar-refractivity contribution in [2.75, 3.05) is 18.9 Å². The first-order valence-electron chi connectivity index (χ1n) is 7.11. The van der Waals surface area contributed by atoms with Gasteiger partial charge in [0.2, 0.25) is 5.91 Å². The number of amides is 1. The maximum atomic E-state index is 12.0. The van der Waals surface area contributed by atoms with E-state index in [0.29, 0.717) is 12.5 Å². The summed E-state index contributed by atoms with van der Waals surface area (Å²) >= 11 is 3.39. The van der Waals surface area contributed by atoms with Crippen molar-refractivity contribution in [2.45, 2.75) is 13.5 Å². The number of aliphatic imine (C=N–C) groups is 1. The SMILES string of the molecule is CN=C(NCC(=O)Nc1cc(Br)ccc1C)NCc1ccco1. The van der Waals surface area contributed by atoms with E-state index in [1.165, 1.54) is 0 Å². The fourth-order valence-corrected chi connectivity index (χ4v) is 2.25. The Kier molecular flexibility index (Phi) is 6.22. The highest BCUT2D eigenvalue weighted by Gasteiger charge is 2.07. The molecular formula is C16H19BrN4O2. The third-order valence-electron chi connectivity index (χ3n) is 3.12. The van der Waals surface area contributed by atoms with Crippen LogP contribution in [0.2, 0.25) is 0 Å². The van der Waals surface area contributed by atoms with Crippen LogP contribution in [0.4, 0.5) is 5.69 Å². The number of carbonyl (C=O) groups excluding carboxylic acids is 1. The van der Waals surface area contributed by atoms with Gasteiger partial charge in [0, 0.05) is 17.2 Å². The molecule has 1 heterocycles. The molecule has 3 N–H and O–H groups in total. The second-order valence-corrected chi connectivity index (χ2v) is 5.78. The molecule has 0 fully saturated rings. The minimum absolute atomic E-state index is 0.115. The molecule has 1 amide bonds. The molecule has 7 heteroatoms. The van der Waals surface area contributed by atoms with Gasteiger partial charge in [-0.05, 0) is 36.8 Å². The molecule has 1 aromatic carbocycles. The number of anilines is 1. The van der Waals surface area contributed by atoms with Crippen LogP contribution in [0, 0.1) is 6.92 Å². The predicted octanol–water partition coefficient (Wildman–Crippen LogP) is 2.65. The molecule has 122 valence electrons. The number of benzene rings is 1. The highest BCUT2D eigenvalue weighted by atomic mass is 79.9. The van der Waals surface area contributed by atoms with Gasteiger partial charge >= 0.3 is 0 Å². The highest BCUT2D eigenvalue weighted by Crippen LogP contribution is 2.20. The number of nitrogens with one attached hydrogen (secondary N) is 3. The van der Waals surface area contributed by atoms with Crippen molar-refractivity contribution in [1.29, 1.82) is 0 Å². The molecule has 0 aliphatic heterocycles. The van der Waals surface area contributed by atoms with E-state index in [9.17, 15) is 4.79 Å². The minimum Gasteiger partial charge on any atom is -0.467 e. The normalized spacial score (nSPS) is 11.2. The van der Waals surface area contributed by atoms with Gasteiger partial charge in [0.15, 0.2) is 5.96 Å². The molecule has 6 nitrogen and oxygen atoms in total. The second kappa shape index (κ2) is 8.38. The molecular weight excluding hydrogens is 360 g/mol. The third kappa shape index (κ3) is 5.45. The van der Waals surface area contributed by atoms with E-state index < -0.39 is 0 Å². The summed E-state index contributed by atoms with van der Waals surface area (Å²) in [7, 11) is 1.65. The average molecular weight is 379 g/mol. The number of halogens is 1. The van der Waals surface area contributed by atoms with Gasteiger partial charge in [0.05, 0.1) is 19.4 Å². The average Bonchev–Trinajstić information content (AvgIpc) is 3.04. The van der Waals surface area contributed by atoms with E-state index >= 15 is 0 Å². The van der Waals surface area contributed by atoms with Crippen molar-refractivity contribution in [1.82, 2.24) is 10.6 Å². The van der Waals surface area contributed by atoms with Gasteiger partial charge in [-0.2, -0.15) is 0 Å². The molecule has 0 saturated carbocycles.